The lowest BCUT2D eigenvalue weighted by atomic mass is 9.79. The van der Waals surface area contributed by atoms with Crippen molar-refractivity contribution in [2.75, 3.05) is 12.8 Å². The standard InChI is InChI=1S/C15H22N2O2S/c1-11-5-7-15(19,8-6-11)10-17-13(18)12-4-3-9-16-14(12)20-2/h3-4,9,11,19H,5-8,10H2,1-2H3,(H,17,18). The molecular weight excluding hydrogens is 272 g/mol. The maximum absolute atomic E-state index is 12.2. The predicted molar refractivity (Wildman–Crippen MR) is 80.9 cm³/mol. The predicted octanol–water partition coefficient (Wildman–Crippen LogP) is 2.47. The SMILES string of the molecule is CSc1ncccc1C(=O)NCC1(O)CCC(C)CC1. The van der Waals surface area contributed by atoms with Crippen molar-refractivity contribution in [3.05, 3.63) is 23.9 Å². The molecule has 4 nitrogen and oxygen atoms in total. The van der Waals surface area contributed by atoms with Crippen LogP contribution in [0.1, 0.15) is 43.0 Å². The van der Waals surface area contributed by atoms with Crippen molar-refractivity contribution < 1.29 is 9.90 Å². The Bertz CT molecular complexity index is 471. The highest BCUT2D eigenvalue weighted by Crippen LogP contribution is 2.31. The minimum absolute atomic E-state index is 0.158. The molecule has 1 fully saturated rings. The van der Waals surface area contributed by atoms with Gasteiger partial charge in [-0.3, -0.25) is 4.79 Å². The molecule has 1 aliphatic carbocycles. The zero-order chi connectivity index (χ0) is 14.6. The Hall–Kier alpha value is -1.07. The first-order chi connectivity index (χ1) is 9.54. The topological polar surface area (TPSA) is 62.2 Å². The van der Waals surface area contributed by atoms with Gasteiger partial charge in [-0.15, -0.1) is 11.8 Å². The molecule has 0 spiro atoms. The van der Waals surface area contributed by atoms with E-state index in [0.717, 1.165) is 25.7 Å². The van der Waals surface area contributed by atoms with Gasteiger partial charge >= 0.3 is 0 Å². The van der Waals surface area contributed by atoms with Gasteiger partial charge in [0.2, 0.25) is 0 Å². The molecule has 2 N–H and O–H groups in total. The van der Waals surface area contributed by atoms with Crippen LogP contribution in [0.2, 0.25) is 0 Å². The summed E-state index contributed by atoms with van der Waals surface area (Å²) in [7, 11) is 0. The summed E-state index contributed by atoms with van der Waals surface area (Å²) in [4.78, 5) is 16.4. The molecule has 20 heavy (non-hydrogen) atoms. The van der Waals surface area contributed by atoms with E-state index in [-0.39, 0.29) is 5.91 Å². The summed E-state index contributed by atoms with van der Waals surface area (Å²) in [5, 5.41) is 14.0. The third-order valence-electron chi connectivity index (χ3n) is 3.99. The van der Waals surface area contributed by atoms with E-state index in [9.17, 15) is 9.90 Å². The number of aliphatic hydroxyl groups is 1. The van der Waals surface area contributed by atoms with Gasteiger partial charge in [0.05, 0.1) is 11.2 Å². The van der Waals surface area contributed by atoms with Crippen LogP contribution in [0.4, 0.5) is 0 Å². The van der Waals surface area contributed by atoms with Crippen LogP contribution in [0.5, 0.6) is 0 Å². The van der Waals surface area contributed by atoms with Crippen molar-refractivity contribution in [3.8, 4) is 0 Å². The van der Waals surface area contributed by atoms with Crippen molar-refractivity contribution in [3.63, 3.8) is 0 Å². The Morgan fingerprint density at radius 1 is 1.55 bits per heavy atom. The maximum atomic E-state index is 12.2. The fraction of sp³-hybridized carbons (Fsp3) is 0.600. The lowest BCUT2D eigenvalue weighted by molar-refractivity contribution is -0.00542. The Morgan fingerprint density at radius 3 is 2.90 bits per heavy atom. The van der Waals surface area contributed by atoms with Gasteiger partial charge in [0.25, 0.3) is 5.91 Å². The molecule has 1 heterocycles. The number of carbonyl (C=O) groups excluding carboxylic acids is 1. The molecule has 0 saturated heterocycles. The number of carbonyl (C=O) groups is 1. The smallest absolute Gasteiger partial charge is 0.254 e. The molecule has 110 valence electrons. The lowest BCUT2D eigenvalue weighted by Gasteiger charge is -2.34. The normalized spacial score (nSPS) is 26.2. The molecule has 0 bridgehead atoms. The number of aromatic nitrogens is 1. The van der Waals surface area contributed by atoms with Crippen molar-refractivity contribution in [1.82, 2.24) is 10.3 Å². The monoisotopic (exact) mass is 294 g/mol. The molecule has 0 atom stereocenters. The second-order valence-electron chi connectivity index (χ2n) is 5.65. The van der Waals surface area contributed by atoms with Gasteiger partial charge in [-0.2, -0.15) is 0 Å². The summed E-state index contributed by atoms with van der Waals surface area (Å²) in [5.41, 5.74) is -0.169. The third-order valence-corrected chi connectivity index (χ3v) is 4.70. The zero-order valence-corrected chi connectivity index (χ0v) is 12.9. The van der Waals surface area contributed by atoms with E-state index in [1.165, 1.54) is 11.8 Å². The maximum Gasteiger partial charge on any atom is 0.254 e. The Morgan fingerprint density at radius 2 is 2.25 bits per heavy atom. The van der Waals surface area contributed by atoms with Crippen LogP contribution in [0.3, 0.4) is 0 Å². The molecule has 0 aromatic carbocycles. The highest BCUT2D eigenvalue weighted by atomic mass is 32.2. The largest absolute Gasteiger partial charge is 0.388 e. The minimum atomic E-state index is -0.746. The van der Waals surface area contributed by atoms with E-state index in [1.807, 2.05) is 6.26 Å². The average molecular weight is 294 g/mol. The minimum Gasteiger partial charge on any atom is -0.388 e. The lowest BCUT2D eigenvalue weighted by Crippen LogP contribution is -2.45. The first-order valence-electron chi connectivity index (χ1n) is 7.04. The fourth-order valence-electron chi connectivity index (χ4n) is 2.54. The molecule has 1 aromatic heterocycles. The van der Waals surface area contributed by atoms with Crippen molar-refractivity contribution in [2.24, 2.45) is 5.92 Å². The van der Waals surface area contributed by atoms with Crippen LogP contribution in [0.25, 0.3) is 0 Å². The van der Waals surface area contributed by atoms with E-state index in [1.54, 1.807) is 18.3 Å². The summed E-state index contributed by atoms with van der Waals surface area (Å²) >= 11 is 1.45. The first kappa shape index (κ1) is 15.3. The molecule has 1 aliphatic rings. The number of amides is 1. The van der Waals surface area contributed by atoms with Crippen LogP contribution < -0.4 is 5.32 Å². The van der Waals surface area contributed by atoms with Gasteiger partial charge in [0.15, 0.2) is 0 Å². The average Bonchev–Trinajstić information content (AvgIpc) is 2.48. The summed E-state index contributed by atoms with van der Waals surface area (Å²) in [6.45, 7) is 2.53. The van der Waals surface area contributed by atoms with E-state index in [4.69, 9.17) is 0 Å². The molecule has 1 saturated carbocycles. The summed E-state index contributed by atoms with van der Waals surface area (Å²) < 4.78 is 0. The van der Waals surface area contributed by atoms with E-state index in [0.29, 0.717) is 23.1 Å². The number of hydrogen-bond donors (Lipinski definition) is 2. The van der Waals surface area contributed by atoms with Crippen molar-refractivity contribution >= 4 is 17.7 Å². The fourth-order valence-corrected chi connectivity index (χ4v) is 3.09. The number of rotatable bonds is 4. The Balaban J connectivity index is 1.95. The third kappa shape index (κ3) is 3.73. The number of hydrogen-bond acceptors (Lipinski definition) is 4. The second kappa shape index (κ2) is 6.59. The van der Waals surface area contributed by atoms with Gasteiger partial charge in [-0.05, 0) is 50.0 Å². The molecule has 0 radical (unpaired) electrons. The molecule has 5 heteroatoms. The van der Waals surface area contributed by atoms with Gasteiger partial charge in [0.1, 0.15) is 5.03 Å². The first-order valence-corrected chi connectivity index (χ1v) is 8.26. The van der Waals surface area contributed by atoms with E-state index in [2.05, 4.69) is 17.2 Å². The van der Waals surface area contributed by atoms with Gasteiger partial charge in [-0.1, -0.05) is 6.92 Å². The summed E-state index contributed by atoms with van der Waals surface area (Å²) in [6.07, 6.45) is 7.15. The second-order valence-corrected chi connectivity index (χ2v) is 6.44. The number of nitrogens with one attached hydrogen (secondary N) is 1. The summed E-state index contributed by atoms with van der Waals surface area (Å²) in [6, 6.07) is 3.52. The Labute approximate surface area is 124 Å². The molecule has 0 aliphatic heterocycles. The molecule has 2 rings (SSSR count). The van der Waals surface area contributed by atoms with Crippen LogP contribution in [-0.2, 0) is 0 Å². The van der Waals surface area contributed by atoms with Crippen LogP contribution in [0, 0.1) is 5.92 Å². The summed E-state index contributed by atoms with van der Waals surface area (Å²) in [5.74, 6) is 0.516. The Kier molecular flexibility index (Phi) is 5.05. The quantitative estimate of drug-likeness (QED) is 0.838. The van der Waals surface area contributed by atoms with Crippen LogP contribution >= 0.6 is 11.8 Å². The van der Waals surface area contributed by atoms with Crippen molar-refractivity contribution in [2.45, 2.75) is 43.2 Å². The van der Waals surface area contributed by atoms with Crippen molar-refractivity contribution in [1.29, 1.82) is 0 Å². The number of pyridine rings is 1. The number of nitrogens with zero attached hydrogens (tertiary/aromatic N) is 1. The van der Waals surface area contributed by atoms with E-state index >= 15 is 0 Å². The van der Waals surface area contributed by atoms with E-state index < -0.39 is 5.60 Å². The molecule has 0 unspecified atom stereocenters. The number of thioether (sulfide) groups is 1. The molecule has 1 amide bonds. The van der Waals surface area contributed by atoms with Gasteiger partial charge in [0, 0.05) is 12.7 Å². The highest BCUT2D eigenvalue weighted by Gasteiger charge is 2.32. The molecule has 1 aromatic rings. The zero-order valence-electron chi connectivity index (χ0n) is 12.1. The van der Waals surface area contributed by atoms with Crippen LogP contribution in [0.15, 0.2) is 23.4 Å². The van der Waals surface area contributed by atoms with Crippen LogP contribution in [-0.4, -0.2) is 34.4 Å². The highest BCUT2D eigenvalue weighted by molar-refractivity contribution is 7.98. The molecular formula is C15H22N2O2S. The van der Waals surface area contributed by atoms with Gasteiger partial charge in [-0.25, -0.2) is 4.98 Å². The van der Waals surface area contributed by atoms with Gasteiger partial charge < -0.3 is 10.4 Å².